The average molecular weight is 271 g/mol. The second kappa shape index (κ2) is 3.44. The highest BCUT2D eigenvalue weighted by Gasteiger charge is 2.44. The zero-order valence-electron chi connectivity index (χ0n) is 8.48. The van der Waals surface area contributed by atoms with Gasteiger partial charge in [0.05, 0.1) is 0 Å². The van der Waals surface area contributed by atoms with E-state index in [4.69, 9.17) is 23.2 Å². The van der Waals surface area contributed by atoms with Crippen molar-refractivity contribution in [2.45, 2.75) is 5.92 Å². The Hall–Kier alpha value is -1.12. The molecular formula is C13H6Cl2F2. The van der Waals surface area contributed by atoms with Gasteiger partial charge in [0, 0.05) is 21.2 Å². The van der Waals surface area contributed by atoms with Crippen LogP contribution in [0.4, 0.5) is 8.78 Å². The van der Waals surface area contributed by atoms with Crippen LogP contribution in [0.3, 0.4) is 0 Å². The van der Waals surface area contributed by atoms with Crippen molar-refractivity contribution in [3.05, 3.63) is 57.6 Å². The molecule has 4 heteroatoms. The van der Waals surface area contributed by atoms with Crippen LogP contribution in [-0.2, 0) is 5.92 Å². The van der Waals surface area contributed by atoms with E-state index in [0.717, 1.165) is 0 Å². The Balaban J connectivity index is 2.37. The zero-order chi connectivity index (χ0) is 12.2. The zero-order valence-corrected chi connectivity index (χ0v) is 9.99. The monoisotopic (exact) mass is 270 g/mol. The summed E-state index contributed by atoms with van der Waals surface area (Å²) in [6.07, 6.45) is 0. The lowest BCUT2D eigenvalue weighted by atomic mass is 10.1. The van der Waals surface area contributed by atoms with Gasteiger partial charge in [0.2, 0.25) is 0 Å². The van der Waals surface area contributed by atoms with E-state index in [1.165, 1.54) is 12.1 Å². The second-order valence-electron chi connectivity index (χ2n) is 3.95. The molecule has 0 heterocycles. The third kappa shape index (κ3) is 1.48. The highest BCUT2D eigenvalue weighted by Crippen LogP contribution is 2.51. The van der Waals surface area contributed by atoms with Crippen molar-refractivity contribution in [1.82, 2.24) is 0 Å². The Morgan fingerprint density at radius 3 is 1.59 bits per heavy atom. The standard InChI is InChI=1S/C13H6Cl2F2/c14-7-1-3-9-10-4-2-8(15)6-12(10)13(16,17)11(9)5-7/h1-6H. The summed E-state index contributed by atoms with van der Waals surface area (Å²) >= 11 is 11.5. The first-order valence-corrected chi connectivity index (χ1v) is 5.74. The van der Waals surface area contributed by atoms with E-state index in [1.54, 1.807) is 24.3 Å². The molecule has 0 amide bonds. The van der Waals surface area contributed by atoms with E-state index in [0.29, 0.717) is 21.2 Å². The summed E-state index contributed by atoms with van der Waals surface area (Å²) in [6.45, 7) is 0. The molecule has 0 atom stereocenters. The molecule has 0 fully saturated rings. The van der Waals surface area contributed by atoms with Crippen LogP contribution in [0.25, 0.3) is 11.1 Å². The van der Waals surface area contributed by atoms with Gasteiger partial charge in [0.1, 0.15) is 0 Å². The number of fused-ring (bicyclic) bond motifs is 3. The van der Waals surface area contributed by atoms with Crippen LogP contribution < -0.4 is 0 Å². The molecule has 0 radical (unpaired) electrons. The number of hydrogen-bond donors (Lipinski definition) is 0. The largest absolute Gasteiger partial charge is 0.299 e. The fourth-order valence-corrected chi connectivity index (χ4v) is 2.51. The summed E-state index contributed by atoms with van der Waals surface area (Å²) in [6, 6.07) is 9.08. The molecule has 1 aliphatic carbocycles. The van der Waals surface area contributed by atoms with Gasteiger partial charge in [0.15, 0.2) is 0 Å². The lowest BCUT2D eigenvalue weighted by molar-refractivity contribution is 0.0480. The van der Waals surface area contributed by atoms with Crippen LogP contribution in [0.15, 0.2) is 36.4 Å². The quantitative estimate of drug-likeness (QED) is 0.624. The molecule has 0 saturated carbocycles. The predicted octanol–water partition coefficient (Wildman–Crippen LogP) is 5.11. The minimum atomic E-state index is -3.03. The molecule has 2 aromatic carbocycles. The smallest absolute Gasteiger partial charge is 0.196 e. The van der Waals surface area contributed by atoms with E-state index in [9.17, 15) is 8.78 Å². The molecule has 0 nitrogen and oxygen atoms in total. The van der Waals surface area contributed by atoms with Gasteiger partial charge in [-0.05, 0) is 35.4 Å². The van der Waals surface area contributed by atoms with Gasteiger partial charge in [-0.1, -0.05) is 35.3 Å². The van der Waals surface area contributed by atoms with E-state index in [-0.39, 0.29) is 11.1 Å². The predicted molar refractivity (Wildman–Crippen MR) is 64.9 cm³/mol. The molecule has 0 spiro atoms. The number of alkyl halides is 2. The van der Waals surface area contributed by atoms with Crippen molar-refractivity contribution >= 4 is 23.2 Å². The molecule has 0 saturated heterocycles. The van der Waals surface area contributed by atoms with Crippen LogP contribution in [0.2, 0.25) is 10.0 Å². The fourth-order valence-electron chi connectivity index (χ4n) is 2.17. The maximum atomic E-state index is 14.2. The fraction of sp³-hybridized carbons (Fsp3) is 0.0769. The Morgan fingerprint density at radius 2 is 1.18 bits per heavy atom. The summed E-state index contributed by atoms with van der Waals surface area (Å²) in [4.78, 5) is 0. The first-order valence-electron chi connectivity index (χ1n) is 4.98. The molecule has 0 aromatic heterocycles. The summed E-state index contributed by atoms with van der Waals surface area (Å²) in [5, 5.41) is 0.615. The highest BCUT2D eigenvalue weighted by molar-refractivity contribution is 6.31. The van der Waals surface area contributed by atoms with Crippen LogP contribution in [-0.4, -0.2) is 0 Å². The Bertz CT molecular complexity index is 567. The van der Waals surface area contributed by atoms with Crippen molar-refractivity contribution in [3.63, 3.8) is 0 Å². The number of benzene rings is 2. The topological polar surface area (TPSA) is 0 Å². The Labute approximate surface area is 107 Å². The SMILES string of the molecule is FC1(F)c2cc(Cl)ccc2-c2ccc(Cl)cc21. The second-order valence-corrected chi connectivity index (χ2v) is 4.83. The van der Waals surface area contributed by atoms with Crippen LogP contribution in [0.1, 0.15) is 11.1 Å². The van der Waals surface area contributed by atoms with E-state index >= 15 is 0 Å². The van der Waals surface area contributed by atoms with E-state index in [1.807, 2.05) is 0 Å². The number of rotatable bonds is 0. The van der Waals surface area contributed by atoms with Crippen molar-refractivity contribution in [2.24, 2.45) is 0 Å². The van der Waals surface area contributed by atoms with Crippen molar-refractivity contribution in [2.75, 3.05) is 0 Å². The minimum Gasteiger partial charge on any atom is -0.196 e. The highest BCUT2D eigenvalue weighted by atomic mass is 35.5. The number of halogens is 4. The molecule has 86 valence electrons. The normalized spacial score (nSPS) is 15.5. The molecule has 3 rings (SSSR count). The van der Waals surface area contributed by atoms with Crippen molar-refractivity contribution < 1.29 is 8.78 Å². The van der Waals surface area contributed by atoms with E-state index in [2.05, 4.69) is 0 Å². The Kier molecular flexibility index (Phi) is 2.22. The summed E-state index contributed by atoms with van der Waals surface area (Å²) < 4.78 is 28.3. The van der Waals surface area contributed by atoms with Gasteiger partial charge < -0.3 is 0 Å². The molecule has 2 aromatic rings. The molecular weight excluding hydrogens is 265 g/mol. The molecule has 1 aliphatic rings. The maximum Gasteiger partial charge on any atom is 0.299 e. The summed E-state index contributed by atoms with van der Waals surface area (Å²) in [7, 11) is 0. The maximum absolute atomic E-state index is 14.2. The van der Waals surface area contributed by atoms with Crippen molar-refractivity contribution in [1.29, 1.82) is 0 Å². The van der Waals surface area contributed by atoms with Gasteiger partial charge in [-0.25, -0.2) is 0 Å². The first-order chi connectivity index (χ1) is 8.00. The molecule has 0 bridgehead atoms. The molecule has 17 heavy (non-hydrogen) atoms. The molecule has 0 N–H and O–H groups in total. The lowest BCUT2D eigenvalue weighted by Crippen LogP contribution is -2.10. The summed E-state index contributed by atoms with van der Waals surface area (Å²) in [5.74, 6) is -3.03. The van der Waals surface area contributed by atoms with Crippen LogP contribution in [0.5, 0.6) is 0 Å². The van der Waals surface area contributed by atoms with Crippen LogP contribution >= 0.6 is 23.2 Å². The summed E-state index contributed by atoms with van der Waals surface area (Å²) in [5.41, 5.74) is 0.932. The first kappa shape index (κ1) is 11.0. The van der Waals surface area contributed by atoms with Gasteiger partial charge in [-0.3, -0.25) is 0 Å². The third-order valence-electron chi connectivity index (χ3n) is 2.93. The van der Waals surface area contributed by atoms with Gasteiger partial charge in [-0.2, -0.15) is 8.78 Å². The minimum absolute atomic E-state index is 0.0535. The lowest BCUT2D eigenvalue weighted by Gasteiger charge is -2.12. The Morgan fingerprint density at radius 1 is 0.765 bits per heavy atom. The number of hydrogen-bond acceptors (Lipinski definition) is 0. The average Bonchev–Trinajstić information content (AvgIpc) is 2.49. The van der Waals surface area contributed by atoms with Gasteiger partial charge >= 0.3 is 0 Å². The van der Waals surface area contributed by atoms with E-state index < -0.39 is 5.92 Å². The third-order valence-corrected chi connectivity index (χ3v) is 3.40. The molecule has 0 aliphatic heterocycles. The van der Waals surface area contributed by atoms with Crippen molar-refractivity contribution in [3.8, 4) is 11.1 Å². The van der Waals surface area contributed by atoms with Gasteiger partial charge in [-0.15, -0.1) is 0 Å². The van der Waals surface area contributed by atoms with Gasteiger partial charge in [0.25, 0.3) is 5.92 Å². The van der Waals surface area contributed by atoms with Crippen LogP contribution in [0, 0.1) is 0 Å². The molecule has 0 unspecified atom stereocenters.